The molecule has 29 nitrogen and oxygen atoms in total. The summed E-state index contributed by atoms with van der Waals surface area (Å²) in [6.07, 6.45) is 3.65. The fraction of sp³-hybridized carbons (Fsp3) is 0.711. The molecule has 3 fully saturated rings. The van der Waals surface area contributed by atoms with Crippen LogP contribution in [0.3, 0.4) is 0 Å². The van der Waals surface area contributed by atoms with Crippen LogP contribution in [0.4, 0.5) is 0 Å². The Labute approximate surface area is 621 Å². The summed E-state index contributed by atoms with van der Waals surface area (Å²) < 4.78 is 5.97. The van der Waals surface area contributed by atoms with Crippen LogP contribution in [0.2, 0.25) is 0 Å². The van der Waals surface area contributed by atoms with E-state index in [1.807, 2.05) is 13.8 Å². The third-order valence-electron chi connectivity index (χ3n) is 20.0. The van der Waals surface area contributed by atoms with Gasteiger partial charge >= 0.3 is 5.97 Å². The molecule has 588 valence electrons. The van der Waals surface area contributed by atoms with Crippen LogP contribution in [0.15, 0.2) is 42.1 Å². The number of nitrogens with two attached hydrogens (primary N) is 1. The molecule has 3 saturated heterocycles. The molecule has 13 amide bonds. The van der Waals surface area contributed by atoms with Gasteiger partial charge in [0.2, 0.25) is 70.9 Å². The Hall–Kier alpha value is -8.50. The molecule has 0 aliphatic carbocycles. The van der Waals surface area contributed by atoms with Gasteiger partial charge in [0.05, 0.1) is 0 Å². The maximum absolute atomic E-state index is 15.1. The van der Waals surface area contributed by atoms with Gasteiger partial charge in [-0.05, 0) is 118 Å². The number of nitrogens with one attached hydrogen (secondary N) is 11. The van der Waals surface area contributed by atoms with E-state index < -0.39 is 191 Å². The van der Waals surface area contributed by atoms with E-state index in [0.29, 0.717) is 43.6 Å². The first-order valence-corrected chi connectivity index (χ1v) is 38.0. The van der Waals surface area contributed by atoms with E-state index in [1.165, 1.54) is 29.7 Å². The van der Waals surface area contributed by atoms with Crippen LogP contribution in [0.5, 0.6) is 0 Å². The van der Waals surface area contributed by atoms with Crippen molar-refractivity contribution < 1.29 is 71.9 Å². The second-order valence-corrected chi connectivity index (χ2v) is 30.6. The van der Waals surface area contributed by atoms with Crippen LogP contribution in [0.25, 0.3) is 0 Å². The first-order valence-electron chi connectivity index (χ1n) is 38.0. The van der Waals surface area contributed by atoms with Gasteiger partial charge in [0.15, 0.2) is 0 Å². The van der Waals surface area contributed by atoms with Gasteiger partial charge in [-0.1, -0.05) is 166 Å². The number of ether oxygens (including phenoxy) is 1. The van der Waals surface area contributed by atoms with Crippen molar-refractivity contribution in [3.8, 4) is 0 Å². The zero-order valence-corrected chi connectivity index (χ0v) is 65.3. The number of cyclic esters (lactones) is 1. The first kappa shape index (κ1) is 88.9. The summed E-state index contributed by atoms with van der Waals surface area (Å²) >= 11 is 0. The summed E-state index contributed by atoms with van der Waals surface area (Å²) in [5.41, 5.74) is 6.37. The van der Waals surface area contributed by atoms with E-state index in [-0.39, 0.29) is 75.7 Å². The van der Waals surface area contributed by atoms with Crippen LogP contribution in [-0.4, -0.2) is 191 Å². The fourth-order valence-corrected chi connectivity index (χ4v) is 13.0. The molecule has 15 atom stereocenters. The number of hydrogen-bond acceptors (Lipinski definition) is 16. The van der Waals surface area contributed by atoms with Gasteiger partial charge < -0.3 is 78.8 Å². The van der Waals surface area contributed by atoms with Crippen LogP contribution in [0, 0.1) is 47.3 Å². The van der Waals surface area contributed by atoms with E-state index in [2.05, 4.69) is 72.3 Å². The number of esters is 1. The highest BCUT2D eigenvalue weighted by molar-refractivity contribution is 6.03. The predicted molar refractivity (Wildman–Crippen MR) is 396 cm³/mol. The van der Waals surface area contributed by atoms with E-state index in [9.17, 15) is 57.5 Å². The number of carbonyl (C=O) groups excluding carboxylic acids is 14. The minimum Gasteiger partial charge on any atom is -0.458 e. The van der Waals surface area contributed by atoms with Gasteiger partial charge in [-0.15, -0.1) is 0 Å². The van der Waals surface area contributed by atoms with Gasteiger partial charge in [-0.25, -0.2) is 4.79 Å². The Balaban J connectivity index is 1.63. The molecule has 4 rings (SSSR count). The Morgan fingerprint density at radius 1 is 0.581 bits per heavy atom. The number of hydrogen-bond donors (Lipinski definition) is 12. The Morgan fingerprint density at radius 2 is 1.11 bits per heavy atom. The van der Waals surface area contributed by atoms with Crippen molar-refractivity contribution in [1.29, 1.82) is 0 Å². The monoisotopic (exact) mass is 1470 g/mol. The van der Waals surface area contributed by atoms with Crippen molar-refractivity contribution in [3.63, 3.8) is 0 Å². The third kappa shape index (κ3) is 25.9. The lowest BCUT2D eigenvalue weighted by molar-refractivity contribution is -0.157. The number of likely N-dealkylation sites (tertiary alicyclic amines) is 2. The van der Waals surface area contributed by atoms with Crippen molar-refractivity contribution in [2.45, 2.75) is 280 Å². The van der Waals surface area contributed by atoms with Crippen molar-refractivity contribution in [2.24, 2.45) is 53.1 Å². The molecule has 0 spiro atoms. The van der Waals surface area contributed by atoms with Crippen LogP contribution < -0.4 is 64.2 Å². The third-order valence-corrected chi connectivity index (χ3v) is 20.0. The Kier molecular flexibility index (Phi) is 36.1. The average molecular weight is 1470 g/mol. The lowest BCUT2D eigenvalue weighted by atomic mass is 9.95. The second-order valence-electron chi connectivity index (χ2n) is 30.6. The van der Waals surface area contributed by atoms with Crippen LogP contribution in [0.1, 0.15) is 201 Å². The predicted octanol–water partition coefficient (Wildman–Crippen LogP) is 2.96. The maximum atomic E-state index is 15.1. The Bertz CT molecular complexity index is 3200. The minimum absolute atomic E-state index is 0.0299. The number of allylic oxidation sites excluding steroid dienone is 1. The summed E-state index contributed by atoms with van der Waals surface area (Å²) in [5, 5.41) is 30.4. The van der Waals surface area contributed by atoms with E-state index in [0.717, 1.165) is 6.42 Å². The van der Waals surface area contributed by atoms with Gasteiger partial charge in [0.25, 0.3) is 5.91 Å². The Morgan fingerprint density at radius 3 is 1.63 bits per heavy atom. The highest BCUT2D eigenvalue weighted by Gasteiger charge is 2.45. The molecule has 3 heterocycles. The van der Waals surface area contributed by atoms with E-state index in [1.54, 1.807) is 113 Å². The lowest BCUT2D eigenvalue weighted by Crippen LogP contribution is -2.64. The molecule has 0 aromatic heterocycles. The summed E-state index contributed by atoms with van der Waals surface area (Å²) in [4.78, 5) is 205. The number of rotatable bonds is 31. The fourth-order valence-electron chi connectivity index (χ4n) is 13.0. The molecular weight excluding hydrogens is 1350 g/mol. The molecule has 0 unspecified atom stereocenters. The smallest absolute Gasteiger partial charge is 0.329 e. The maximum Gasteiger partial charge on any atom is 0.329 e. The molecule has 29 heteroatoms. The summed E-state index contributed by atoms with van der Waals surface area (Å²) in [6.45, 7) is 31.4. The highest BCUT2D eigenvalue weighted by atomic mass is 16.5. The number of amides is 13. The standard InChI is InChI=1S/C76H124N14O15/c1-19-46(16)61(72(100)88-63-48(18)105-76(104)60(45(14)15)85-64(92)50(21-3)78-66(94)52(39-49-30-23-22-24-31-49)80-69(97)56(41(6)7)83-71(99)62(47(17)20-2)87-73(63)101)86-65(93)51(32-26-36-77)79-67(95)53-33-27-37-89(53)75(103)59(44(12)13)84-70(98)57(42(8)9)82-68(96)54-34-28-38-90(54)74(102)58(43(10)11)81-55(91)35-25-29-40(4)5/h21-24,30-31,40-48,51-54,56-63H,19-20,25-29,32-39,77H2,1-18H3,(H,78,94)(H,79,95)(H,80,97)(H,81,91)(H,82,96)(H,83,99)(H,84,98)(H,85,92)(H,86,93)(H,87,101)(H,88,100)/b50-21-/t46-,47-,48+,51+,52+,53-,54+,56-,57+,58-,59-,60+,61-,62-,63-/m1/s1. The molecule has 105 heavy (non-hydrogen) atoms. The minimum atomic E-state index is -1.81. The van der Waals surface area contributed by atoms with Crippen LogP contribution >= 0.6 is 0 Å². The van der Waals surface area contributed by atoms with Crippen molar-refractivity contribution in [2.75, 3.05) is 19.6 Å². The SMILES string of the molecule is C/C=C1\NC(=O)[C@H](Cc2ccccc2)NC(=O)[C@@H](C(C)C)NC(=O)[C@@H]([C@H](C)CC)NC(=O)[C@H](NC(=O)[C@H](NC(=O)[C@H](CCCN)NC(=O)[C@H]2CCCN2C(=O)[C@H](NC(=O)[C@@H](NC(=O)[C@@H]2CCCN2C(=O)[C@H](NC(=O)CCCC(C)C)C(C)C)C(C)C)C(C)C)[C@H](C)CC)[C@H](C)OC(=O)[C@H](C(C)C)NC1=O. The summed E-state index contributed by atoms with van der Waals surface area (Å²) in [6, 6.07) is -6.49. The highest BCUT2D eigenvalue weighted by Crippen LogP contribution is 2.25. The first-order chi connectivity index (χ1) is 49.4. The largest absolute Gasteiger partial charge is 0.458 e. The zero-order chi connectivity index (χ0) is 78.9. The van der Waals surface area contributed by atoms with Gasteiger partial charge in [0.1, 0.15) is 84.3 Å². The molecule has 13 N–H and O–H groups in total. The topological polar surface area (TPSA) is 413 Å². The van der Waals surface area contributed by atoms with E-state index >= 15 is 9.59 Å². The quantitative estimate of drug-likeness (QED) is 0.0376. The lowest BCUT2D eigenvalue weighted by Gasteiger charge is -2.34. The van der Waals surface area contributed by atoms with Crippen molar-refractivity contribution >= 4 is 82.8 Å². The molecular formula is C76H124N14O15. The zero-order valence-electron chi connectivity index (χ0n) is 65.3. The van der Waals surface area contributed by atoms with Crippen molar-refractivity contribution in [1.82, 2.24) is 68.3 Å². The summed E-state index contributed by atoms with van der Waals surface area (Å²) in [5.74, 6) is -13.7. The summed E-state index contributed by atoms with van der Waals surface area (Å²) in [7, 11) is 0. The molecule has 1 aromatic carbocycles. The number of benzene rings is 1. The molecule has 3 aliphatic rings. The number of nitrogens with zero attached hydrogens (tertiary/aromatic N) is 2. The van der Waals surface area contributed by atoms with Crippen molar-refractivity contribution in [3.05, 3.63) is 47.7 Å². The van der Waals surface area contributed by atoms with Gasteiger partial charge in [0, 0.05) is 25.9 Å². The second kappa shape index (κ2) is 42.6. The normalized spacial score (nSPS) is 23.5. The molecule has 3 aliphatic heterocycles. The van der Waals surface area contributed by atoms with Gasteiger partial charge in [-0.2, -0.15) is 0 Å². The van der Waals surface area contributed by atoms with E-state index in [4.69, 9.17) is 10.5 Å². The molecule has 0 saturated carbocycles. The van der Waals surface area contributed by atoms with Crippen LogP contribution in [-0.2, 0) is 78.3 Å². The van der Waals surface area contributed by atoms with Gasteiger partial charge in [-0.3, -0.25) is 62.3 Å². The number of carbonyl (C=O) groups is 14. The molecule has 0 bridgehead atoms. The molecule has 1 aromatic rings. The molecule has 0 radical (unpaired) electrons. The average Bonchev–Trinajstić information content (AvgIpc) is 1.79.